The summed E-state index contributed by atoms with van der Waals surface area (Å²) in [5.41, 5.74) is 0.239. The highest BCUT2D eigenvalue weighted by molar-refractivity contribution is 7.92. The van der Waals surface area contributed by atoms with Gasteiger partial charge >= 0.3 is 0 Å². The fourth-order valence-electron chi connectivity index (χ4n) is 1.08. The van der Waals surface area contributed by atoms with E-state index in [2.05, 4.69) is 9.71 Å². The van der Waals surface area contributed by atoms with Crippen LogP contribution in [0.25, 0.3) is 0 Å². The second kappa shape index (κ2) is 5.45. The van der Waals surface area contributed by atoms with Crippen LogP contribution in [-0.4, -0.2) is 25.0 Å². The van der Waals surface area contributed by atoms with Crippen molar-refractivity contribution < 1.29 is 12.8 Å². The summed E-state index contributed by atoms with van der Waals surface area (Å²) < 4.78 is 37.9. The molecule has 1 rings (SSSR count). The predicted molar refractivity (Wildman–Crippen MR) is 61.5 cm³/mol. The van der Waals surface area contributed by atoms with E-state index in [0.717, 1.165) is 12.3 Å². The Morgan fingerprint density at radius 3 is 2.75 bits per heavy atom. The van der Waals surface area contributed by atoms with Crippen molar-refractivity contribution in [2.75, 3.05) is 16.4 Å². The molecule has 1 atom stereocenters. The van der Waals surface area contributed by atoms with Crippen LogP contribution >= 0.6 is 11.6 Å². The minimum absolute atomic E-state index is 0.0755. The predicted octanol–water partition coefficient (Wildman–Crippen LogP) is 1.84. The molecule has 0 bridgehead atoms. The van der Waals surface area contributed by atoms with Gasteiger partial charge in [0.25, 0.3) is 0 Å². The summed E-state index contributed by atoms with van der Waals surface area (Å²) in [7, 11) is -3.46. The number of sulfonamides is 1. The molecule has 1 aromatic rings. The molecule has 0 amide bonds. The van der Waals surface area contributed by atoms with Crippen LogP contribution in [0.5, 0.6) is 0 Å². The van der Waals surface area contributed by atoms with Crippen LogP contribution in [0, 0.1) is 11.9 Å². The van der Waals surface area contributed by atoms with Crippen molar-refractivity contribution in [1.82, 2.24) is 4.98 Å². The van der Waals surface area contributed by atoms with Crippen molar-refractivity contribution >= 4 is 27.3 Å². The van der Waals surface area contributed by atoms with Gasteiger partial charge in [-0.05, 0) is 18.1 Å². The van der Waals surface area contributed by atoms with Crippen molar-refractivity contribution in [1.29, 1.82) is 0 Å². The Labute approximate surface area is 98.9 Å². The van der Waals surface area contributed by atoms with Gasteiger partial charge in [-0.25, -0.2) is 13.4 Å². The zero-order valence-corrected chi connectivity index (χ0v) is 10.2. The molecule has 1 N–H and O–H groups in total. The van der Waals surface area contributed by atoms with Gasteiger partial charge in [0.2, 0.25) is 16.0 Å². The van der Waals surface area contributed by atoms with Gasteiger partial charge in [0.15, 0.2) is 0 Å². The molecule has 0 fully saturated rings. The molecule has 4 nitrogen and oxygen atoms in total. The molecular weight excluding hydrogens is 255 g/mol. The molecule has 0 saturated heterocycles. The highest BCUT2D eigenvalue weighted by Crippen LogP contribution is 2.10. The Bertz CT molecular complexity index is 435. The van der Waals surface area contributed by atoms with Crippen LogP contribution in [0.4, 0.5) is 10.1 Å². The molecule has 0 saturated carbocycles. The Kier molecular flexibility index (Phi) is 4.49. The van der Waals surface area contributed by atoms with E-state index in [4.69, 9.17) is 11.6 Å². The number of alkyl halides is 1. The number of pyridine rings is 1. The highest BCUT2D eigenvalue weighted by Gasteiger charge is 2.15. The second-order valence-corrected chi connectivity index (χ2v) is 5.59. The Balaban J connectivity index is 2.69. The summed E-state index contributed by atoms with van der Waals surface area (Å²) in [5.74, 6) is -0.610. The number of nitrogens with zero attached hydrogens (tertiary/aromatic N) is 1. The maximum atomic E-state index is 12.5. The van der Waals surface area contributed by atoms with Crippen LogP contribution in [0.2, 0.25) is 0 Å². The Morgan fingerprint density at radius 2 is 2.25 bits per heavy atom. The number of anilines is 1. The van der Waals surface area contributed by atoms with Crippen LogP contribution in [0.3, 0.4) is 0 Å². The summed E-state index contributed by atoms with van der Waals surface area (Å²) in [5, 5.41) is 0. The number of rotatable bonds is 5. The Hall–Kier alpha value is -0.880. The first-order valence-corrected chi connectivity index (χ1v) is 6.79. The minimum Gasteiger partial charge on any atom is -0.282 e. The van der Waals surface area contributed by atoms with E-state index in [1.807, 2.05) is 0 Å². The summed E-state index contributed by atoms with van der Waals surface area (Å²) in [6.45, 7) is 1.73. The largest absolute Gasteiger partial charge is 0.282 e. The maximum Gasteiger partial charge on any atom is 0.233 e. The smallest absolute Gasteiger partial charge is 0.233 e. The van der Waals surface area contributed by atoms with Crippen molar-refractivity contribution in [2.24, 2.45) is 5.92 Å². The zero-order chi connectivity index (χ0) is 12.2. The molecular formula is C9H12ClFN2O2S. The van der Waals surface area contributed by atoms with E-state index in [1.165, 1.54) is 6.07 Å². The number of aromatic nitrogens is 1. The zero-order valence-electron chi connectivity index (χ0n) is 8.65. The Morgan fingerprint density at radius 1 is 1.56 bits per heavy atom. The molecule has 0 aliphatic heterocycles. The standard InChI is InChI=1S/C9H12ClFN2O2S/c1-7(4-10)6-16(14,15)13-8-2-3-9(11)12-5-8/h2-3,5,7,13H,4,6H2,1H3. The average Bonchev–Trinajstić information content (AvgIpc) is 2.20. The third-order valence-electron chi connectivity index (χ3n) is 1.77. The molecule has 90 valence electrons. The number of hydrogen-bond donors (Lipinski definition) is 1. The van der Waals surface area contributed by atoms with E-state index in [0.29, 0.717) is 0 Å². The molecule has 16 heavy (non-hydrogen) atoms. The van der Waals surface area contributed by atoms with E-state index < -0.39 is 16.0 Å². The molecule has 1 unspecified atom stereocenters. The molecule has 0 aromatic carbocycles. The van der Waals surface area contributed by atoms with Gasteiger partial charge in [-0.1, -0.05) is 6.92 Å². The SMILES string of the molecule is CC(CCl)CS(=O)(=O)Nc1ccc(F)nc1. The van der Waals surface area contributed by atoms with Crippen molar-refractivity contribution in [3.63, 3.8) is 0 Å². The normalized spacial score (nSPS) is 13.4. The first-order valence-electron chi connectivity index (χ1n) is 4.61. The number of halogens is 2. The fraction of sp³-hybridized carbons (Fsp3) is 0.444. The summed E-state index contributed by atoms with van der Waals surface area (Å²) in [6, 6.07) is 2.40. The molecule has 7 heteroatoms. The van der Waals surface area contributed by atoms with Gasteiger partial charge in [-0.15, -0.1) is 11.6 Å². The van der Waals surface area contributed by atoms with E-state index >= 15 is 0 Å². The van der Waals surface area contributed by atoms with E-state index in [1.54, 1.807) is 6.92 Å². The van der Waals surface area contributed by atoms with Gasteiger partial charge < -0.3 is 0 Å². The van der Waals surface area contributed by atoms with E-state index in [9.17, 15) is 12.8 Å². The minimum atomic E-state index is -3.46. The van der Waals surface area contributed by atoms with Crippen molar-refractivity contribution in [2.45, 2.75) is 6.92 Å². The van der Waals surface area contributed by atoms with Crippen LogP contribution < -0.4 is 4.72 Å². The lowest BCUT2D eigenvalue weighted by atomic mass is 10.3. The van der Waals surface area contributed by atoms with Gasteiger partial charge in [0.05, 0.1) is 17.6 Å². The quantitative estimate of drug-likeness (QED) is 0.653. The molecule has 0 spiro atoms. The first kappa shape index (κ1) is 13.2. The molecule has 1 aromatic heterocycles. The van der Waals surface area contributed by atoms with Crippen molar-refractivity contribution in [3.05, 3.63) is 24.3 Å². The van der Waals surface area contributed by atoms with Crippen LogP contribution in [0.1, 0.15) is 6.92 Å². The van der Waals surface area contributed by atoms with Crippen LogP contribution in [-0.2, 0) is 10.0 Å². The molecule has 0 aliphatic rings. The second-order valence-electron chi connectivity index (χ2n) is 3.51. The topological polar surface area (TPSA) is 59.1 Å². The molecule has 0 aliphatic carbocycles. The van der Waals surface area contributed by atoms with Gasteiger partial charge in [-0.2, -0.15) is 4.39 Å². The number of hydrogen-bond acceptors (Lipinski definition) is 3. The number of nitrogens with one attached hydrogen (secondary N) is 1. The monoisotopic (exact) mass is 266 g/mol. The lowest BCUT2D eigenvalue weighted by Crippen LogP contribution is -2.22. The lowest BCUT2D eigenvalue weighted by Gasteiger charge is -2.10. The van der Waals surface area contributed by atoms with Gasteiger partial charge in [-0.3, -0.25) is 4.72 Å². The first-order chi connectivity index (χ1) is 7.43. The summed E-state index contributed by atoms with van der Waals surface area (Å²) >= 11 is 5.53. The van der Waals surface area contributed by atoms with Crippen molar-refractivity contribution in [3.8, 4) is 0 Å². The summed E-state index contributed by atoms with van der Waals surface area (Å²) in [6.07, 6.45) is 1.12. The van der Waals surface area contributed by atoms with E-state index in [-0.39, 0.29) is 23.2 Å². The van der Waals surface area contributed by atoms with Gasteiger partial charge in [0, 0.05) is 5.88 Å². The lowest BCUT2D eigenvalue weighted by molar-refractivity contribution is 0.582. The molecule has 1 heterocycles. The van der Waals surface area contributed by atoms with Crippen LogP contribution in [0.15, 0.2) is 18.3 Å². The highest BCUT2D eigenvalue weighted by atomic mass is 35.5. The van der Waals surface area contributed by atoms with Gasteiger partial charge in [0.1, 0.15) is 0 Å². The molecule has 0 radical (unpaired) electrons. The third-order valence-corrected chi connectivity index (χ3v) is 3.85. The fourth-order valence-corrected chi connectivity index (χ4v) is 2.75. The average molecular weight is 267 g/mol. The maximum absolute atomic E-state index is 12.5. The summed E-state index contributed by atoms with van der Waals surface area (Å²) in [4.78, 5) is 3.34. The third kappa shape index (κ3) is 4.32.